The second-order valence-corrected chi connectivity index (χ2v) is 9.56. The Hall–Kier alpha value is -3.27. The Balaban J connectivity index is 1.32. The van der Waals surface area contributed by atoms with Crippen LogP contribution in [0.3, 0.4) is 0 Å². The lowest BCUT2D eigenvalue weighted by molar-refractivity contribution is -0.0331. The fourth-order valence-electron chi connectivity index (χ4n) is 5.15. The first-order valence-corrected chi connectivity index (χ1v) is 12.1. The Morgan fingerprint density at radius 1 is 1.11 bits per heavy atom. The van der Waals surface area contributed by atoms with Crippen molar-refractivity contribution in [1.29, 1.82) is 0 Å². The van der Waals surface area contributed by atoms with E-state index in [1.54, 1.807) is 6.92 Å². The number of halogens is 1. The van der Waals surface area contributed by atoms with Crippen LogP contribution in [0.5, 0.6) is 0 Å². The summed E-state index contributed by atoms with van der Waals surface area (Å²) in [6, 6.07) is 13.7. The number of fused-ring (bicyclic) bond motifs is 3. The molecule has 180 valence electrons. The van der Waals surface area contributed by atoms with Gasteiger partial charge in [0.2, 0.25) is 0 Å². The van der Waals surface area contributed by atoms with Gasteiger partial charge in [0.15, 0.2) is 5.69 Å². The zero-order valence-electron chi connectivity index (χ0n) is 19.3. The number of ether oxygens (including phenoxy) is 1. The number of benzene rings is 1. The van der Waals surface area contributed by atoms with E-state index in [0.717, 1.165) is 35.6 Å². The van der Waals surface area contributed by atoms with Crippen LogP contribution in [0.4, 0.5) is 0 Å². The van der Waals surface area contributed by atoms with Crippen molar-refractivity contribution >= 4 is 23.2 Å². The number of morpholine rings is 1. The van der Waals surface area contributed by atoms with Gasteiger partial charge in [0, 0.05) is 36.4 Å². The zero-order valence-corrected chi connectivity index (χ0v) is 20.1. The molecule has 6 rings (SSSR count). The standard InChI is InChI=1S/C25H25ClN6O3/c1-16-23(29-35-28-16)25(33)32-19-9-11-30(12-20(32)15-34-14-19)13-21-24(17-5-7-18(26)8-6-17)27-22-4-2-3-10-31(21)22/h2-8,10,19-20H,9,11-15H2,1H3. The third kappa shape index (κ3) is 4.09. The molecule has 2 atom stereocenters. The molecular weight excluding hydrogens is 468 g/mol. The van der Waals surface area contributed by atoms with Crippen LogP contribution in [0, 0.1) is 6.92 Å². The van der Waals surface area contributed by atoms with E-state index in [9.17, 15) is 4.79 Å². The predicted octanol–water partition coefficient (Wildman–Crippen LogP) is 3.46. The van der Waals surface area contributed by atoms with Gasteiger partial charge in [-0.1, -0.05) is 35.0 Å². The predicted molar refractivity (Wildman–Crippen MR) is 129 cm³/mol. The van der Waals surface area contributed by atoms with E-state index in [4.69, 9.17) is 26.0 Å². The molecule has 0 saturated carbocycles. The van der Waals surface area contributed by atoms with Crippen molar-refractivity contribution < 1.29 is 14.2 Å². The summed E-state index contributed by atoms with van der Waals surface area (Å²) >= 11 is 6.14. The van der Waals surface area contributed by atoms with Crippen molar-refractivity contribution in [2.75, 3.05) is 26.3 Å². The van der Waals surface area contributed by atoms with E-state index >= 15 is 0 Å². The molecule has 0 aliphatic carbocycles. The first-order valence-electron chi connectivity index (χ1n) is 11.7. The van der Waals surface area contributed by atoms with E-state index < -0.39 is 0 Å². The van der Waals surface area contributed by atoms with Gasteiger partial charge >= 0.3 is 0 Å². The van der Waals surface area contributed by atoms with Crippen LogP contribution >= 0.6 is 11.6 Å². The molecule has 2 aliphatic rings. The number of amides is 1. The molecule has 2 saturated heterocycles. The number of imidazole rings is 1. The molecule has 2 fully saturated rings. The Morgan fingerprint density at radius 2 is 1.94 bits per heavy atom. The van der Waals surface area contributed by atoms with Gasteiger partial charge in [-0.3, -0.25) is 9.69 Å². The first kappa shape index (κ1) is 22.2. The van der Waals surface area contributed by atoms with Crippen LogP contribution in [-0.4, -0.2) is 73.8 Å². The normalized spacial score (nSPS) is 20.8. The summed E-state index contributed by atoms with van der Waals surface area (Å²) in [6.45, 7) is 4.96. The largest absolute Gasteiger partial charge is 0.377 e. The molecule has 2 unspecified atom stereocenters. The highest BCUT2D eigenvalue weighted by Gasteiger charge is 2.40. The van der Waals surface area contributed by atoms with Crippen LogP contribution in [0.1, 0.15) is 28.3 Å². The summed E-state index contributed by atoms with van der Waals surface area (Å²) in [5.41, 5.74) is 4.75. The van der Waals surface area contributed by atoms with Crippen molar-refractivity contribution in [2.24, 2.45) is 0 Å². The molecule has 1 aromatic carbocycles. The first-order chi connectivity index (χ1) is 17.1. The fraction of sp³-hybridized carbons (Fsp3) is 0.360. The Morgan fingerprint density at radius 3 is 2.74 bits per heavy atom. The van der Waals surface area contributed by atoms with Gasteiger partial charge < -0.3 is 14.0 Å². The van der Waals surface area contributed by atoms with Crippen molar-refractivity contribution in [1.82, 2.24) is 29.5 Å². The molecule has 3 aromatic heterocycles. The minimum atomic E-state index is -0.138. The molecule has 10 heteroatoms. The summed E-state index contributed by atoms with van der Waals surface area (Å²) in [5, 5.41) is 8.35. The van der Waals surface area contributed by atoms with E-state index in [-0.39, 0.29) is 23.7 Å². The minimum absolute atomic E-state index is 0.0136. The van der Waals surface area contributed by atoms with E-state index in [1.807, 2.05) is 53.6 Å². The number of carbonyl (C=O) groups excluding carboxylic acids is 1. The number of carbonyl (C=O) groups is 1. The molecule has 1 amide bonds. The van der Waals surface area contributed by atoms with E-state index in [0.29, 0.717) is 37.0 Å². The molecule has 35 heavy (non-hydrogen) atoms. The Labute approximate surface area is 207 Å². The zero-order chi connectivity index (χ0) is 23.9. The number of rotatable bonds is 4. The Bertz CT molecular complexity index is 1370. The second-order valence-electron chi connectivity index (χ2n) is 9.12. The fourth-order valence-corrected chi connectivity index (χ4v) is 5.28. The quantitative estimate of drug-likeness (QED) is 0.431. The van der Waals surface area contributed by atoms with Gasteiger partial charge in [-0.05, 0) is 42.8 Å². The van der Waals surface area contributed by atoms with Gasteiger partial charge in [-0.15, -0.1) is 0 Å². The highest BCUT2D eigenvalue weighted by molar-refractivity contribution is 6.30. The summed E-state index contributed by atoms with van der Waals surface area (Å²) in [6.07, 6.45) is 2.85. The minimum Gasteiger partial charge on any atom is -0.377 e. The molecule has 9 nitrogen and oxygen atoms in total. The third-order valence-corrected chi connectivity index (χ3v) is 7.12. The van der Waals surface area contributed by atoms with Crippen molar-refractivity contribution in [3.63, 3.8) is 0 Å². The van der Waals surface area contributed by atoms with Crippen LogP contribution in [0.25, 0.3) is 16.9 Å². The van der Waals surface area contributed by atoms with Crippen molar-refractivity contribution in [2.45, 2.75) is 32.0 Å². The van der Waals surface area contributed by atoms with Crippen molar-refractivity contribution in [3.8, 4) is 11.3 Å². The van der Waals surface area contributed by atoms with Gasteiger partial charge in [0.25, 0.3) is 5.91 Å². The molecule has 0 N–H and O–H groups in total. The smallest absolute Gasteiger partial charge is 0.278 e. The second kappa shape index (κ2) is 9.07. The SMILES string of the molecule is Cc1nonc1C(=O)N1C2CCN(Cc3c(-c4ccc(Cl)cc4)nc4ccccn34)CC1COC2. The molecule has 0 radical (unpaired) electrons. The van der Waals surface area contributed by atoms with Gasteiger partial charge in [0.05, 0.1) is 36.7 Å². The number of pyridine rings is 1. The van der Waals surface area contributed by atoms with Crippen LogP contribution in [-0.2, 0) is 11.3 Å². The number of hydrogen-bond donors (Lipinski definition) is 0. The number of hydrogen-bond acceptors (Lipinski definition) is 7. The topological polar surface area (TPSA) is 89.0 Å². The van der Waals surface area contributed by atoms with E-state index in [2.05, 4.69) is 19.6 Å². The van der Waals surface area contributed by atoms with Gasteiger partial charge in [0.1, 0.15) is 11.3 Å². The maximum absolute atomic E-state index is 13.4. The van der Waals surface area contributed by atoms with Crippen molar-refractivity contribution in [3.05, 3.63) is 70.8 Å². The van der Waals surface area contributed by atoms with Crippen LogP contribution in [0.15, 0.2) is 53.3 Å². The summed E-state index contributed by atoms with van der Waals surface area (Å²) < 4.78 is 12.8. The summed E-state index contributed by atoms with van der Waals surface area (Å²) in [5.74, 6) is -0.138. The molecule has 4 aromatic rings. The third-order valence-electron chi connectivity index (χ3n) is 6.86. The molecule has 2 bridgehead atoms. The Kier molecular flexibility index (Phi) is 5.75. The average Bonchev–Trinajstić information content (AvgIpc) is 3.43. The molecule has 5 heterocycles. The molecule has 0 spiro atoms. The van der Waals surface area contributed by atoms with Crippen LogP contribution < -0.4 is 0 Å². The summed E-state index contributed by atoms with van der Waals surface area (Å²) in [7, 11) is 0. The van der Waals surface area contributed by atoms with Gasteiger partial charge in [-0.2, -0.15) is 0 Å². The molecule has 2 aliphatic heterocycles. The molecular formula is C25H25ClN6O3. The lowest BCUT2D eigenvalue weighted by Gasteiger charge is -2.40. The highest BCUT2D eigenvalue weighted by Crippen LogP contribution is 2.29. The number of aromatic nitrogens is 4. The lowest BCUT2D eigenvalue weighted by Crippen LogP contribution is -2.56. The maximum atomic E-state index is 13.4. The van der Waals surface area contributed by atoms with Crippen LogP contribution in [0.2, 0.25) is 5.02 Å². The van der Waals surface area contributed by atoms with E-state index in [1.165, 1.54) is 0 Å². The highest BCUT2D eigenvalue weighted by atomic mass is 35.5. The van der Waals surface area contributed by atoms with Gasteiger partial charge in [-0.25, -0.2) is 9.61 Å². The summed E-state index contributed by atoms with van der Waals surface area (Å²) in [4.78, 5) is 22.6. The maximum Gasteiger partial charge on any atom is 0.278 e. The number of aryl methyl sites for hydroxylation is 1. The monoisotopic (exact) mass is 492 g/mol. The number of nitrogens with zero attached hydrogens (tertiary/aromatic N) is 6. The lowest BCUT2D eigenvalue weighted by atomic mass is 10.1. The average molecular weight is 493 g/mol.